The van der Waals surface area contributed by atoms with Crippen LogP contribution in [0.5, 0.6) is 0 Å². The molecule has 1 aromatic rings. The van der Waals surface area contributed by atoms with Gasteiger partial charge in [-0.15, -0.1) is 0 Å². The normalized spacial score (nSPS) is 20.8. The molecule has 2 rings (SSSR count). The first kappa shape index (κ1) is 11.0. The van der Waals surface area contributed by atoms with Gasteiger partial charge in [0.1, 0.15) is 6.10 Å². The van der Waals surface area contributed by atoms with E-state index < -0.39 is 0 Å². The number of cyclic esters (lactones) is 1. The molecule has 4 nitrogen and oxygen atoms in total. The number of ether oxygens (including phenoxy) is 1. The third-order valence-corrected chi connectivity index (χ3v) is 2.84. The summed E-state index contributed by atoms with van der Waals surface area (Å²) >= 11 is 0. The van der Waals surface area contributed by atoms with E-state index in [0.717, 1.165) is 24.1 Å². The summed E-state index contributed by atoms with van der Waals surface area (Å²) in [6.45, 7) is 1.24. The fourth-order valence-corrected chi connectivity index (χ4v) is 1.83. The van der Waals surface area contributed by atoms with Crippen LogP contribution < -0.4 is 5.73 Å². The van der Waals surface area contributed by atoms with E-state index in [1.165, 1.54) is 0 Å². The van der Waals surface area contributed by atoms with Crippen LogP contribution in [0.4, 0.5) is 4.79 Å². The zero-order valence-electron chi connectivity index (χ0n) is 9.35. The molecular weight excluding hydrogens is 204 g/mol. The smallest absolute Gasteiger partial charge is 0.410 e. The van der Waals surface area contributed by atoms with E-state index in [2.05, 4.69) is 0 Å². The van der Waals surface area contributed by atoms with Crippen LogP contribution in [0.2, 0.25) is 0 Å². The van der Waals surface area contributed by atoms with Gasteiger partial charge >= 0.3 is 6.09 Å². The van der Waals surface area contributed by atoms with Crippen LogP contribution >= 0.6 is 0 Å². The molecule has 0 spiro atoms. The van der Waals surface area contributed by atoms with Crippen molar-refractivity contribution < 1.29 is 9.53 Å². The third-order valence-electron chi connectivity index (χ3n) is 2.84. The maximum Gasteiger partial charge on any atom is 0.410 e. The molecule has 1 heterocycles. The predicted octanol–water partition coefficient (Wildman–Crippen LogP) is 1.66. The van der Waals surface area contributed by atoms with Gasteiger partial charge in [0.15, 0.2) is 0 Å². The zero-order chi connectivity index (χ0) is 11.5. The first-order chi connectivity index (χ1) is 7.70. The van der Waals surface area contributed by atoms with Crippen molar-refractivity contribution in [3.05, 3.63) is 35.4 Å². The fourth-order valence-electron chi connectivity index (χ4n) is 1.83. The molecule has 86 valence electrons. The Hall–Kier alpha value is -1.55. The fraction of sp³-hybridized carbons (Fsp3) is 0.417. The maximum atomic E-state index is 11.4. The highest BCUT2D eigenvalue weighted by Crippen LogP contribution is 2.26. The molecule has 1 unspecified atom stereocenters. The molecule has 16 heavy (non-hydrogen) atoms. The molecule has 0 saturated carbocycles. The summed E-state index contributed by atoms with van der Waals surface area (Å²) in [5.74, 6) is 0. The summed E-state index contributed by atoms with van der Waals surface area (Å²) in [7, 11) is 1.74. The molecule has 1 aliphatic heterocycles. The van der Waals surface area contributed by atoms with E-state index in [1.807, 2.05) is 24.3 Å². The van der Waals surface area contributed by atoms with Crippen LogP contribution in [0.15, 0.2) is 24.3 Å². The summed E-state index contributed by atoms with van der Waals surface area (Å²) in [4.78, 5) is 13.0. The Morgan fingerprint density at radius 2 is 2.38 bits per heavy atom. The van der Waals surface area contributed by atoms with Crippen LogP contribution in [-0.2, 0) is 11.3 Å². The van der Waals surface area contributed by atoms with E-state index in [1.54, 1.807) is 11.9 Å². The minimum atomic E-state index is -0.255. The maximum absolute atomic E-state index is 11.4. The number of hydrogen-bond acceptors (Lipinski definition) is 3. The van der Waals surface area contributed by atoms with Gasteiger partial charge in [0.2, 0.25) is 0 Å². The molecule has 1 atom stereocenters. The van der Waals surface area contributed by atoms with Gasteiger partial charge < -0.3 is 15.4 Å². The molecule has 0 bridgehead atoms. The molecule has 1 saturated heterocycles. The van der Waals surface area contributed by atoms with E-state index in [-0.39, 0.29) is 12.2 Å². The SMILES string of the molecule is CN1CCC(c2cccc(CN)c2)OC1=O. The first-order valence-corrected chi connectivity index (χ1v) is 5.41. The van der Waals surface area contributed by atoms with Gasteiger partial charge in [-0.2, -0.15) is 0 Å². The molecule has 0 radical (unpaired) electrons. The third kappa shape index (κ3) is 2.17. The number of benzene rings is 1. The van der Waals surface area contributed by atoms with Crippen molar-refractivity contribution in [1.82, 2.24) is 4.90 Å². The Kier molecular flexibility index (Phi) is 3.10. The Labute approximate surface area is 95.0 Å². The highest BCUT2D eigenvalue weighted by atomic mass is 16.6. The predicted molar refractivity (Wildman–Crippen MR) is 60.8 cm³/mol. The molecule has 0 aromatic heterocycles. The van der Waals surface area contributed by atoms with Gasteiger partial charge in [0.25, 0.3) is 0 Å². The monoisotopic (exact) mass is 220 g/mol. The van der Waals surface area contributed by atoms with Gasteiger partial charge in [-0.1, -0.05) is 24.3 Å². The van der Waals surface area contributed by atoms with Crippen molar-refractivity contribution in [2.45, 2.75) is 19.1 Å². The quantitative estimate of drug-likeness (QED) is 0.824. The number of nitrogens with zero attached hydrogens (tertiary/aromatic N) is 1. The standard InChI is InChI=1S/C12H16N2O2/c1-14-6-5-11(16-12(14)15)10-4-2-3-9(7-10)8-13/h2-4,7,11H,5-6,8,13H2,1H3. The van der Waals surface area contributed by atoms with Crippen molar-refractivity contribution in [2.24, 2.45) is 5.73 Å². The van der Waals surface area contributed by atoms with Gasteiger partial charge in [0.05, 0.1) is 0 Å². The van der Waals surface area contributed by atoms with Crippen LogP contribution in [-0.4, -0.2) is 24.6 Å². The molecule has 1 aliphatic rings. The van der Waals surface area contributed by atoms with E-state index in [0.29, 0.717) is 6.54 Å². The molecule has 4 heteroatoms. The first-order valence-electron chi connectivity index (χ1n) is 5.41. The minimum Gasteiger partial charge on any atom is -0.441 e. The lowest BCUT2D eigenvalue weighted by Crippen LogP contribution is -2.35. The van der Waals surface area contributed by atoms with Crippen LogP contribution in [0, 0.1) is 0 Å². The second kappa shape index (κ2) is 4.53. The molecule has 2 N–H and O–H groups in total. The van der Waals surface area contributed by atoms with Crippen LogP contribution in [0.3, 0.4) is 0 Å². The van der Waals surface area contributed by atoms with E-state index in [9.17, 15) is 4.79 Å². The van der Waals surface area contributed by atoms with Gasteiger partial charge in [-0.25, -0.2) is 4.79 Å². The van der Waals surface area contributed by atoms with Gasteiger partial charge in [0, 0.05) is 26.6 Å². The molecule has 1 aromatic carbocycles. The minimum absolute atomic E-state index is 0.129. The zero-order valence-corrected chi connectivity index (χ0v) is 9.35. The van der Waals surface area contributed by atoms with Crippen LogP contribution in [0.1, 0.15) is 23.7 Å². The number of hydrogen-bond donors (Lipinski definition) is 1. The molecule has 1 fully saturated rings. The Morgan fingerprint density at radius 1 is 1.56 bits per heavy atom. The highest BCUT2D eigenvalue weighted by Gasteiger charge is 2.25. The van der Waals surface area contributed by atoms with E-state index in [4.69, 9.17) is 10.5 Å². The van der Waals surface area contributed by atoms with Crippen molar-refractivity contribution in [3.8, 4) is 0 Å². The van der Waals surface area contributed by atoms with Crippen molar-refractivity contribution >= 4 is 6.09 Å². The summed E-state index contributed by atoms with van der Waals surface area (Å²) in [6, 6.07) is 7.90. The highest BCUT2D eigenvalue weighted by molar-refractivity contribution is 5.68. The number of amides is 1. The lowest BCUT2D eigenvalue weighted by molar-refractivity contribution is 0.0324. The Balaban J connectivity index is 2.15. The largest absolute Gasteiger partial charge is 0.441 e. The number of rotatable bonds is 2. The number of carbonyl (C=O) groups excluding carboxylic acids is 1. The van der Waals surface area contributed by atoms with E-state index >= 15 is 0 Å². The number of nitrogens with two attached hydrogens (primary N) is 1. The molecule has 1 amide bonds. The lowest BCUT2D eigenvalue weighted by Gasteiger charge is -2.29. The Bertz CT molecular complexity index is 392. The van der Waals surface area contributed by atoms with Gasteiger partial charge in [-0.3, -0.25) is 0 Å². The summed E-state index contributed by atoms with van der Waals surface area (Å²) in [6.07, 6.45) is 0.445. The van der Waals surface area contributed by atoms with Crippen LogP contribution in [0.25, 0.3) is 0 Å². The summed E-state index contributed by atoms with van der Waals surface area (Å²) < 4.78 is 5.33. The molecular formula is C12H16N2O2. The van der Waals surface area contributed by atoms with Gasteiger partial charge in [-0.05, 0) is 11.1 Å². The number of carbonyl (C=O) groups is 1. The Morgan fingerprint density at radius 3 is 3.06 bits per heavy atom. The lowest BCUT2D eigenvalue weighted by atomic mass is 10.0. The average molecular weight is 220 g/mol. The van der Waals surface area contributed by atoms with Crippen molar-refractivity contribution in [2.75, 3.05) is 13.6 Å². The van der Waals surface area contributed by atoms with Crippen molar-refractivity contribution in [3.63, 3.8) is 0 Å². The van der Waals surface area contributed by atoms with Crippen molar-refractivity contribution in [1.29, 1.82) is 0 Å². The molecule has 0 aliphatic carbocycles. The topological polar surface area (TPSA) is 55.6 Å². The summed E-state index contributed by atoms with van der Waals surface area (Å²) in [5.41, 5.74) is 7.68. The second-order valence-corrected chi connectivity index (χ2v) is 4.03. The average Bonchev–Trinajstić information content (AvgIpc) is 2.33. The second-order valence-electron chi connectivity index (χ2n) is 4.03. The summed E-state index contributed by atoms with van der Waals surface area (Å²) in [5, 5.41) is 0.